The van der Waals surface area contributed by atoms with Gasteiger partial charge in [0, 0.05) is 58.7 Å². The second-order valence-corrected chi connectivity index (χ2v) is 15.6. The van der Waals surface area contributed by atoms with E-state index in [4.69, 9.17) is 4.42 Å². The Morgan fingerprint density at radius 1 is 0.527 bits per heavy atom. The van der Waals surface area contributed by atoms with Gasteiger partial charge in [0.25, 0.3) is 0 Å². The molecule has 0 aliphatic carbocycles. The third-order valence-electron chi connectivity index (χ3n) is 11.6. The van der Waals surface area contributed by atoms with E-state index >= 15 is 0 Å². The van der Waals surface area contributed by atoms with Crippen LogP contribution in [0.5, 0.6) is 0 Å². The highest BCUT2D eigenvalue weighted by Gasteiger charge is 2.34. The third kappa shape index (κ3) is 4.37. The number of aromatic nitrogens is 1. The molecule has 1 unspecified atom stereocenters. The summed E-state index contributed by atoms with van der Waals surface area (Å²) in [7, 11) is 0. The molecule has 55 heavy (non-hydrogen) atoms. The van der Waals surface area contributed by atoms with Crippen molar-refractivity contribution < 1.29 is 4.42 Å². The monoisotopic (exact) mass is 720 g/mol. The zero-order chi connectivity index (χ0) is 36.2. The maximum Gasteiger partial charge on any atom is 0.159 e. The summed E-state index contributed by atoms with van der Waals surface area (Å²) in [5, 5.41) is 7.41. The number of hydrogen-bond acceptors (Lipinski definition) is 3. The molecule has 0 radical (unpaired) electrons. The summed E-state index contributed by atoms with van der Waals surface area (Å²) in [4.78, 5) is 2.41. The lowest BCUT2D eigenvalue weighted by molar-refractivity contribution is 0.666. The molecule has 3 nitrogen and oxygen atoms in total. The Morgan fingerprint density at radius 2 is 1.24 bits per heavy atom. The molecule has 0 N–H and O–H groups in total. The van der Waals surface area contributed by atoms with Crippen molar-refractivity contribution >= 4 is 92.2 Å². The topological polar surface area (TPSA) is 21.3 Å². The van der Waals surface area contributed by atoms with Gasteiger partial charge in [-0.3, -0.25) is 0 Å². The fourth-order valence-corrected chi connectivity index (χ4v) is 10.4. The van der Waals surface area contributed by atoms with Crippen molar-refractivity contribution in [1.29, 1.82) is 0 Å². The molecule has 0 fully saturated rings. The van der Waals surface area contributed by atoms with Gasteiger partial charge in [0.15, 0.2) is 5.58 Å². The molecular formula is C51H32N2OS. The molecule has 0 bridgehead atoms. The quantitative estimate of drug-likeness (QED) is 0.180. The highest BCUT2D eigenvalue weighted by Crippen LogP contribution is 2.51. The maximum atomic E-state index is 6.88. The van der Waals surface area contributed by atoms with Gasteiger partial charge in [-0.15, -0.1) is 11.3 Å². The third-order valence-corrected chi connectivity index (χ3v) is 12.8. The van der Waals surface area contributed by atoms with E-state index in [0.29, 0.717) is 0 Å². The van der Waals surface area contributed by atoms with Gasteiger partial charge in [0.2, 0.25) is 0 Å². The first-order chi connectivity index (χ1) is 27.2. The van der Waals surface area contributed by atoms with Crippen LogP contribution in [0.25, 0.3) is 86.3 Å². The van der Waals surface area contributed by atoms with Crippen molar-refractivity contribution in [1.82, 2.24) is 4.57 Å². The molecule has 3 aromatic heterocycles. The lowest BCUT2D eigenvalue weighted by atomic mass is 9.95. The molecule has 12 rings (SSSR count). The first-order valence-corrected chi connectivity index (χ1v) is 19.5. The maximum absolute atomic E-state index is 6.88. The molecular weight excluding hydrogens is 689 g/mol. The molecule has 8 aromatic carbocycles. The molecule has 4 heterocycles. The molecule has 258 valence electrons. The molecule has 0 saturated carbocycles. The van der Waals surface area contributed by atoms with E-state index in [1.165, 1.54) is 58.8 Å². The molecule has 0 saturated heterocycles. The van der Waals surface area contributed by atoms with Crippen LogP contribution in [0.2, 0.25) is 0 Å². The number of benzene rings is 8. The largest absolute Gasteiger partial charge is 0.454 e. The number of hydrogen-bond donors (Lipinski definition) is 0. The number of fused-ring (bicyclic) bond motifs is 11. The number of nitrogens with zero attached hydrogens (tertiary/aromatic N) is 2. The van der Waals surface area contributed by atoms with Crippen molar-refractivity contribution in [2.45, 2.75) is 6.04 Å². The van der Waals surface area contributed by atoms with Crippen molar-refractivity contribution in [3.05, 3.63) is 194 Å². The van der Waals surface area contributed by atoms with Gasteiger partial charge in [0.05, 0.1) is 22.8 Å². The Morgan fingerprint density at radius 3 is 2.13 bits per heavy atom. The summed E-state index contributed by atoms with van der Waals surface area (Å²) < 4.78 is 11.9. The molecule has 11 aromatic rings. The summed E-state index contributed by atoms with van der Waals surface area (Å²) in [6.45, 7) is 4.59. The Balaban J connectivity index is 0.968. The number of para-hydroxylation sites is 4. The van der Waals surface area contributed by atoms with Crippen LogP contribution in [-0.4, -0.2) is 4.57 Å². The van der Waals surface area contributed by atoms with Crippen LogP contribution >= 0.6 is 11.3 Å². The highest BCUT2D eigenvalue weighted by atomic mass is 32.1. The standard InChI is InChI=1S/C51H32N2OS/c1-31-36-14-5-8-18-42(36)52(35-12-3-2-4-13-35)49(31)33-24-22-32(23-25-33)34-26-27-37-39-17-11-20-45(50(39)54-46(37)30-34)53-43-19-9-6-16-41(43)48-44(53)29-28-40-38-15-7-10-21-47(38)55-51(40)48/h2-30,49H,1H2. The first-order valence-electron chi connectivity index (χ1n) is 18.7. The Bertz CT molecular complexity index is 3350. The van der Waals surface area contributed by atoms with Crippen molar-refractivity contribution in [2.75, 3.05) is 4.90 Å². The normalized spacial score (nSPS) is 14.4. The zero-order valence-electron chi connectivity index (χ0n) is 29.7. The average molecular weight is 721 g/mol. The highest BCUT2D eigenvalue weighted by molar-refractivity contribution is 7.26. The summed E-state index contributed by atoms with van der Waals surface area (Å²) >= 11 is 1.88. The smallest absolute Gasteiger partial charge is 0.159 e. The minimum absolute atomic E-state index is 0.0148. The van der Waals surface area contributed by atoms with Crippen LogP contribution in [0.4, 0.5) is 11.4 Å². The summed E-state index contributed by atoms with van der Waals surface area (Å²) in [6.07, 6.45) is 0. The van der Waals surface area contributed by atoms with Crippen molar-refractivity contribution in [2.24, 2.45) is 0 Å². The average Bonchev–Trinajstić information content (AvgIpc) is 3.98. The van der Waals surface area contributed by atoms with Gasteiger partial charge in [0.1, 0.15) is 5.58 Å². The lowest BCUT2D eigenvalue weighted by Gasteiger charge is -2.28. The molecule has 1 aliphatic heterocycles. The second-order valence-electron chi connectivity index (χ2n) is 14.5. The lowest BCUT2D eigenvalue weighted by Crippen LogP contribution is -2.19. The number of thiophene rings is 1. The van der Waals surface area contributed by atoms with E-state index in [2.05, 4.69) is 192 Å². The zero-order valence-corrected chi connectivity index (χ0v) is 30.6. The van der Waals surface area contributed by atoms with E-state index in [0.717, 1.165) is 50.0 Å². The van der Waals surface area contributed by atoms with Crippen LogP contribution in [0, 0.1) is 0 Å². The van der Waals surface area contributed by atoms with Crippen molar-refractivity contribution in [3.63, 3.8) is 0 Å². The Hall–Kier alpha value is -6.88. The van der Waals surface area contributed by atoms with Gasteiger partial charge in [-0.1, -0.05) is 128 Å². The van der Waals surface area contributed by atoms with Crippen LogP contribution in [-0.2, 0) is 0 Å². The van der Waals surface area contributed by atoms with E-state index < -0.39 is 0 Å². The first kappa shape index (κ1) is 30.6. The van der Waals surface area contributed by atoms with Gasteiger partial charge >= 0.3 is 0 Å². The van der Waals surface area contributed by atoms with Crippen LogP contribution in [0.1, 0.15) is 17.2 Å². The molecule has 1 atom stereocenters. The number of anilines is 2. The Labute approximate surface area is 321 Å². The van der Waals surface area contributed by atoms with Gasteiger partial charge in [-0.25, -0.2) is 0 Å². The van der Waals surface area contributed by atoms with Crippen LogP contribution in [0.15, 0.2) is 187 Å². The number of furan rings is 1. The molecule has 0 amide bonds. The Kier molecular flexibility index (Phi) is 6.42. The SMILES string of the molecule is C=C1c2ccccc2N(c2ccccc2)C1c1ccc(-c2ccc3c(c2)oc2c(-n4c5ccccc5c5c6sc7ccccc7c6ccc54)cccc23)cc1. The van der Waals surface area contributed by atoms with E-state index in [9.17, 15) is 0 Å². The predicted octanol–water partition coefficient (Wildman–Crippen LogP) is 14.6. The fraction of sp³-hybridized carbons (Fsp3) is 0.0196. The van der Waals surface area contributed by atoms with Gasteiger partial charge in [-0.05, 0) is 76.9 Å². The molecule has 1 aliphatic rings. The summed E-state index contributed by atoms with van der Waals surface area (Å²) in [5.41, 5.74) is 13.3. The minimum Gasteiger partial charge on any atom is -0.454 e. The van der Waals surface area contributed by atoms with Gasteiger partial charge in [-0.2, -0.15) is 0 Å². The molecule has 4 heteroatoms. The number of rotatable bonds is 4. The predicted molar refractivity (Wildman–Crippen MR) is 233 cm³/mol. The summed E-state index contributed by atoms with van der Waals surface area (Å²) in [6, 6.07) is 63.5. The fourth-order valence-electron chi connectivity index (χ4n) is 9.12. The van der Waals surface area contributed by atoms with E-state index in [1.54, 1.807) is 0 Å². The minimum atomic E-state index is 0.0148. The van der Waals surface area contributed by atoms with E-state index in [1.807, 2.05) is 11.3 Å². The van der Waals surface area contributed by atoms with E-state index in [-0.39, 0.29) is 6.04 Å². The molecule has 0 spiro atoms. The van der Waals surface area contributed by atoms with Gasteiger partial charge < -0.3 is 13.9 Å². The second kappa shape index (κ2) is 11.6. The van der Waals surface area contributed by atoms with Crippen LogP contribution < -0.4 is 4.90 Å². The van der Waals surface area contributed by atoms with Crippen LogP contribution in [0.3, 0.4) is 0 Å². The van der Waals surface area contributed by atoms with Crippen molar-refractivity contribution in [3.8, 4) is 16.8 Å². The summed E-state index contributed by atoms with van der Waals surface area (Å²) in [5.74, 6) is 0.